The van der Waals surface area contributed by atoms with Gasteiger partial charge in [-0.05, 0) is 51.0 Å². The molecule has 1 aromatic heterocycles. The lowest BCUT2D eigenvalue weighted by Crippen LogP contribution is -2.43. The molecule has 2 aromatic rings. The van der Waals surface area contributed by atoms with Gasteiger partial charge in [0.15, 0.2) is 0 Å². The Morgan fingerprint density at radius 1 is 1.27 bits per heavy atom. The van der Waals surface area contributed by atoms with Crippen molar-refractivity contribution in [3.05, 3.63) is 47.0 Å². The molecule has 7 heteroatoms. The summed E-state index contributed by atoms with van der Waals surface area (Å²) < 4.78 is 14.8. The molecule has 1 atom stereocenters. The lowest BCUT2D eigenvalue weighted by molar-refractivity contribution is -0.145. The van der Waals surface area contributed by atoms with Crippen molar-refractivity contribution in [3.63, 3.8) is 0 Å². The minimum atomic E-state index is -0.848. The molecule has 0 bridgehead atoms. The van der Waals surface area contributed by atoms with E-state index in [1.54, 1.807) is 21.7 Å². The predicted molar refractivity (Wildman–Crippen MR) is 93.6 cm³/mol. The van der Waals surface area contributed by atoms with Gasteiger partial charge in [-0.15, -0.1) is 0 Å². The highest BCUT2D eigenvalue weighted by Crippen LogP contribution is 2.22. The quantitative estimate of drug-likeness (QED) is 0.910. The zero-order valence-corrected chi connectivity index (χ0v) is 14.9. The van der Waals surface area contributed by atoms with E-state index in [9.17, 15) is 19.1 Å². The summed E-state index contributed by atoms with van der Waals surface area (Å²) >= 11 is 0. The van der Waals surface area contributed by atoms with E-state index in [1.165, 1.54) is 12.1 Å². The van der Waals surface area contributed by atoms with Crippen molar-refractivity contribution >= 4 is 11.9 Å². The van der Waals surface area contributed by atoms with E-state index in [0.29, 0.717) is 19.4 Å². The maximum absolute atomic E-state index is 13.1. The van der Waals surface area contributed by atoms with E-state index < -0.39 is 11.9 Å². The van der Waals surface area contributed by atoms with Gasteiger partial charge in [-0.2, -0.15) is 5.10 Å². The molecule has 1 fully saturated rings. The Hall–Kier alpha value is -2.70. The van der Waals surface area contributed by atoms with E-state index in [4.69, 9.17) is 0 Å². The van der Waals surface area contributed by atoms with Crippen LogP contribution < -0.4 is 0 Å². The molecule has 1 aliphatic rings. The maximum Gasteiger partial charge on any atom is 0.308 e. The van der Waals surface area contributed by atoms with Crippen LogP contribution in [0.25, 0.3) is 5.69 Å². The lowest BCUT2D eigenvalue weighted by Gasteiger charge is -2.30. The Labute approximate surface area is 151 Å². The molecule has 138 valence electrons. The SMILES string of the molecule is Cc1nn(-c2ccc(F)cc2)c(C)c1CC(=O)N1CCCC(C(=O)O)C1. The van der Waals surface area contributed by atoms with Crippen LogP contribution in [-0.2, 0) is 16.0 Å². The first-order chi connectivity index (χ1) is 12.4. The molecule has 2 heterocycles. The van der Waals surface area contributed by atoms with Gasteiger partial charge in [-0.25, -0.2) is 9.07 Å². The van der Waals surface area contributed by atoms with E-state index in [0.717, 1.165) is 22.6 Å². The fraction of sp³-hybridized carbons (Fsp3) is 0.421. The molecule has 0 radical (unpaired) electrons. The first-order valence-electron chi connectivity index (χ1n) is 8.68. The summed E-state index contributed by atoms with van der Waals surface area (Å²) in [5, 5.41) is 13.7. The highest BCUT2D eigenvalue weighted by atomic mass is 19.1. The summed E-state index contributed by atoms with van der Waals surface area (Å²) in [6, 6.07) is 6.03. The molecular formula is C19H22FN3O3. The van der Waals surface area contributed by atoms with Crippen LogP contribution in [0.15, 0.2) is 24.3 Å². The van der Waals surface area contributed by atoms with Crippen LogP contribution in [0.4, 0.5) is 4.39 Å². The number of halogens is 1. The number of hydrogen-bond acceptors (Lipinski definition) is 3. The van der Waals surface area contributed by atoms with Crippen LogP contribution in [0.5, 0.6) is 0 Å². The van der Waals surface area contributed by atoms with Crippen LogP contribution in [0, 0.1) is 25.6 Å². The zero-order valence-electron chi connectivity index (χ0n) is 14.9. The highest BCUT2D eigenvalue weighted by Gasteiger charge is 2.29. The van der Waals surface area contributed by atoms with Gasteiger partial charge in [0.1, 0.15) is 5.82 Å². The normalized spacial score (nSPS) is 17.3. The second-order valence-electron chi connectivity index (χ2n) is 6.73. The van der Waals surface area contributed by atoms with E-state index in [1.807, 2.05) is 13.8 Å². The summed E-state index contributed by atoms with van der Waals surface area (Å²) in [5.74, 6) is -1.74. The van der Waals surface area contributed by atoms with E-state index in [-0.39, 0.29) is 24.7 Å². The van der Waals surface area contributed by atoms with Crippen LogP contribution in [0.3, 0.4) is 0 Å². The predicted octanol–water partition coefficient (Wildman–Crippen LogP) is 2.49. The van der Waals surface area contributed by atoms with Crippen molar-refractivity contribution in [2.24, 2.45) is 5.92 Å². The van der Waals surface area contributed by atoms with Crippen LogP contribution in [0.2, 0.25) is 0 Å². The Morgan fingerprint density at radius 2 is 1.96 bits per heavy atom. The Kier molecular flexibility index (Phi) is 5.06. The molecule has 6 nitrogen and oxygen atoms in total. The van der Waals surface area contributed by atoms with Crippen molar-refractivity contribution in [1.82, 2.24) is 14.7 Å². The number of hydrogen-bond donors (Lipinski definition) is 1. The molecule has 0 aliphatic carbocycles. The van der Waals surface area contributed by atoms with E-state index >= 15 is 0 Å². The van der Waals surface area contributed by atoms with Gasteiger partial charge in [0.2, 0.25) is 5.91 Å². The van der Waals surface area contributed by atoms with Crippen molar-refractivity contribution in [2.45, 2.75) is 33.1 Å². The summed E-state index contributed by atoms with van der Waals surface area (Å²) in [5.41, 5.74) is 3.13. The standard InChI is InChI=1S/C19H22FN3O3/c1-12-17(10-18(24)22-9-3-4-14(11-22)19(25)26)13(2)23(21-12)16-7-5-15(20)6-8-16/h5-8,14H,3-4,9-11H2,1-2H3,(H,25,26). The molecule has 26 heavy (non-hydrogen) atoms. The Balaban J connectivity index is 1.78. The molecule has 0 saturated carbocycles. The number of amides is 1. The van der Waals surface area contributed by atoms with Gasteiger partial charge in [0, 0.05) is 24.3 Å². The molecular weight excluding hydrogens is 337 g/mol. The number of carboxylic acid groups (broad SMARTS) is 1. The molecule has 1 unspecified atom stereocenters. The molecule has 0 spiro atoms. The summed E-state index contributed by atoms with van der Waals surface area (Å²) in [6.07, 6.45) is 1.50. The van der Waals surface area contributed by atoms with Crippen LogP contribution >= 0.6 is 0 Å². The smallest absolute Gasteiger partial charge is 0.308 e. The number of aromatic nitrogens is 2. The number of likely N-dealkylation sites (tertiary alicyclic amines) is 1. The number of carboxylic acids is 1. The van der Waals surface area contributed by atoms with Crippen molar-refractivity contribution < 1.29 is 19.1 Å². The number of carbonyl (C=O) groups excluding carboxylic acids is 1. The zero-order chi connectivity index (χ0) is 18.8. The van der Waals surface area contributed by atoms with Gasteiger partial charge in [0.05, 0.1) is 23.7 Å². The number of piperidine rings is 1. The molecule has 1 aliphatic heterocycles. The summed E-state index contributed by atoms with van der Waals surface area (Å²) in [7, 11) is 0. The van der Waals surface area contributed by atoms with Crippen LogP contribution in [0.1, 0.15) is 29.8 Å². The number of nitrogens with zero attached hydrogens (tertiary/aromatic N) is 3. The van der Waals surface area contributed by atoms with Crippen molar-refractivity contribution in [1.29, 1.82) is 0 Å². The fourth-order valence-corrected chi connectivity index (χ4v) is 3.43. The second-order valence-corrected chi connectivity index (χ2v) is 6.73. The largest absolute Gasteiger partial charge is 0.481 e. The number of benzene rings is 1. The number of carbonyl (C=O) groups is 2. The summed E-state index contributed by atoms with van der Waals surface area (Å²) in [4.78, 5) is 25.5. The second kappa shape index (κ2) is 7.27. The number of aliphatic carboxylic acids is 1. The third-order valence-corrected chi connectivity index (χ3v) is 4.96. The van der Waals surface area contributed by atoms with Gasteiger partial charge < -0.3 is 10.0 Å². The third kappa shape index (κ3) is 3.61. The number of rotatable bonds is 4. The van der Waals surface area contributed by atoms with Gasteiger partial charge in [-0.1, -0.05) is 0 Å². The van der Waals surface area contributed by atoms with E-state index in [2.05, 4.69) is 5.10 Å². The topological polar surface area (TPSA) is 75.4 Å². The minimum absolute atomic E-state index is 0.0826. The summed E-state index contributed by atoms with van der Waals surface area (Å²) in [6.45, 7) is 4.57. The minimum Gasteiger partial charge on any atom is -0.481 e. The highest BCUT2D eigenvalue weighted by molar-refractivity contribution is 5.80. The first-order valence-corrected chi connectivity index (χ1v) is 8.68. The monoisotopic (exact) mass is 359 g/mol. The first kappa shape index (κ1) is 18.1. The van der Waals surface area contributed by atoms with Crippen molar-refractivity contribution in [2.75, 3.05) is 13.1 Å². The van der Waals surface area contributed by atoms with Crippen LogP contribution in [-0.4, -0.2) is 44.8 Å². The third-order valence-electron chi connectivity index (χ3n) is 4.96. The fourth-order valence-electron chi connectivity index (χ4n) is 3.43. The van der Waals surface area contributed by atoms with Gasteiger partial charge in [-0.3, -0.25) is 9.59 Å². The lowest BCUT2D eigenvalue weighted by atomic mass is 9.97. The van der Waals surface area contributed by atoms with Gasteiger partial charge in [0.25, 0.3) is 0 Å². The molecule has 1 saturated heterocycles. The number of aryl methyl sites for hydroxylation is 1. The molecule has 1 amide bonds. The molecule has 1 N–H and O–H groups in total. The Morgan fingerprint density at radius 3 is 2.62 bits per heavy atom. The molecule has 3 rings (SSSR count). The average molecular weight is 359 g/mol. The average Bonchev–Trinajstić information content (AvgIpc) is 2.90. The maximum atomic E-state index is 13.1. The van der Waals surface area contributed by atoms with Gasteiger partial charge >= 0.3 is 5.97 Å². The van der Waals surface area contributed by atoms with Crippen molar-refractivity contribution in [3.8, 4) is 5.69 Å². The molecule has 1 aromatic carbocycles. The Bertz CT molecular complexity index is 829.